The number of aromatic nitrogens is 2. The second-order valence-corrected chi connectivity index (χ2v) is 3.89. The summed E-state index contributed by atoms with van der Waals surface area (Å²) in [6.45, 7) is -0.539. The van der Waals surface area contributed by atoms with Gasteiger partial charge in [0.25, 0.3) is 0 Å². The summed E-state index contributed by atoms with van der Waals surface area (Å²) in [7, 11) is 0. The first-order valence-corrected chi connectivity index (χ1v) is 5.39. The molecule has 3 N–H and O–H groups in total. The molecule has 0 aliphatic rings. The lowest BCUT2D eigenvalue weighted by atomic mass is 10.1. The molecule has 2 unspecified atom stereocenters. The van der Waals surface area contributed by atoms with Gasteiger partial charge in [0.05, 0.1) is 18.5 Å². The minimum absolute atomic E-state index is 0.345. The SMILES string of the molecule is OCC(O)C(O)c1cnn(-c2ccc(F)cc2)c1. The molecule has 0 saturated carbocycles. The van der Waals surface area contributed by atoms with E-state index in [1.807, 2.05) is 0 Å². The summed E-state index contributed by atoms with van der Waals surface area (Å²) in [5.41, 5.74) is 1.01. The van der Waals surface area contributed by atoms with E-state index in [1.54, 1.807) is 12.1 Å². The van der Waals surface area contributed by atoms with Crippen LogP contribution in [0.5, 0.6) is 0 Å². The first-order valence-electron chi connectivity index (χ1n) is 5.39. The van der Waals surface area contributed by atoms with Gasteiger partial charge < -0.3 is 15.3 Å². The van der Waals surface area contributed by atoms with E-state index in [4.69, 9.17) is 5.11 Å². The maximum atomic E-state index is 12.8. The highest BCUT2D eigenvalue weighted by Gasteiger charge is 2.19. The van der Waals surface area contributed by atoms with Crippen molar-refractivity contribution in [3.8, 4) is 5.69 Å². The highest BCUT2D eigenvalue weighted by molar-refractivity contribution is 5.31. The molecular weight excluding hydrogens is 239 g/mol. The summed E-state index contributed by atoms with van der Waals surface area (Å²) in [5, 5.41) is 31.7. The van der Waals surface area contributed by atoms with Crippen molar-refractivity contribution in [1.29, 1.82) is 0 Å². The van der Waals surface area contributed by atoms with E-state index in [0.29, 0.717) is 11.3 Å². The molecule has 1 heterocycles. The van der Waals surface area contributed by atoms with Crippen LogP contribution in [-0.4, -0.2) is 37.8 Å². The van der Waals surface area contributed by atoms with Gasteiger partial charge in [-0.05, 0) is 24.3 Å². The monoisotopic (exact) mass is 252 g/mol. The molecule has 0 fully saturated rings. The molecule has 0 amide bonds. The Morgan fingerprint density at radius 2 is 1.89 bits per heavy atom. The molecule has 0 saturated heterocycles. The Labute approximate surface area is 103 Å². The minimum Gasteiger partial charge on any atom is -0.394 e. The summed E-state index contributed by atoms with van der Waals surface area (Å²) in [6, 6.07) is 5.69. The molecule has 6 heteroatoms. The molecule has 0 bridgehead atoms. The van der Waals surface area contributed by atoms with Crippen LogP contribution in [0.1, 0.15) is 11.7 Å². The van der Waals surface area contributed by atoms with Crippen molar-refractivity contribution in [2.75, 3.05) is 6.61 Å². The quantitative estimate of drug-likeness (QED) is 0.736. The Bertz CT molecular complexity index is 512. The topological polar surface area (TPSA) is 78.5 Å². The molecule has 5 nitrogen and oxygen atoms in total. The van der Waals surface area contributed by atoms with E-state index in [9.17, 15) is 14.6 Å². The van der Waals surface area contributed by atoms with Gasteiger partial charge in [-0.2, -0.15) is 5.10 Å². The van der Waals surface area contributed by atoms with Gasteiger partial charge in [0.2, 0.25) is 0 Å². The van der Waals surface area contributed by atoms with Gasteiger partial charge in [0.1, 0.15) is 18.0 Å². The van der Waals surface area contributed by atoms with Crippen LogP contribution in [0.3, 0.4) is 0 Å². The van der Waals surface area contributed by atoms with E-state index < -0.39 is 18.8 Å². The minimum atomic E-state index is -1.25. The van der Waals surface area contributed by atoms with E-state index >= 15 is 0 Å². The van der Waals surface area contributed by atoms with Gasteiger partial charge in [0, 0.05) is 11.8 Å². The Morgan fingerprint density at radius 1 is 1.22 bits per heavy atom. The lowest BCUT2D eigenvalue weighted by Gasteiger charge is -2.13. The molecule has 2 rings (SSSR count). The Kier molecular flexibility index (Phi) is 3.71. The van der Waals surface area contributed by atoms with Crippen molar-refractivity contribution in [3.63, 3.8) is 0 Å². The molecule has 0 aliphatic heterocycles. The average molecular weight is 252 g/mol. The number of benzene rings is 1. The zero-order valence-electron chi connectivity index (χ0n) is 9.44. The maximum absolute atomic E-state index is 12.8. The number of hydrogen-bond donors (Lipinski definition) is 3. The van der Waals surface area contributed by atoms with Crippen molar-refractivity contribution in [1.82, 2.24) is 9.78 Å². The molecule has 2 aromatic rings. The van der Waals surface area contributed by atoms with Crippen LogP contribution in [0.25, 0.3) is 5.69 Å². The number of halogens is 1. The normalized spacial score (nSPS) is 14.4. The van der Waals surface area contributed by atoms with Crippen LogP contribution in [0.4, 0.5) is 4.39 Å². The number of rotatable bonds is 4. The van der Waals surface area contributed by atoms with Crippen LogP contribution < -0.4 is 0 Å². The van der Waals surface area contributed by atoms with Crippen molar-refractivity contribution in [2.45, 2.75) is 12.2 Å². The molecule has 1 aromatic carbocycles. The third-order valence-electron chi connectivity index (χ3n) is 2.59. The summed E-state index contributed by atoms with van der Waals surface area (Å²) in [6.07, 6.45) is 0.434. The number of nitrogens with zero attached hydrogens (tertiary/aromatic N) is 2. The zero-order chi connectivity index (χ0) is 13.1. The van der Waals surface area contributed by atoms with E-state index in [1.165, 1.54) is 29.2 Å². The van der Waals surface area contributed by atoms with Crippen molar-refractivity contribution in [3.05, 3.63) is 48.0 Å². The van der Waals surface area contributed by atoms with Crippen LogP contribution in [0.2, 0.25) is 0 Å². The fraction of sp³-hybridized carbons (Fsp3) is 0.250. The predicted octanol–water partition coefficient (Wildman–Crippen LogP) is 0.398. The smallest absolute Gasteiger partial charge is 0.123 e. The molecule has 0 radical (unpaired) electrons. The van der Waals surface area contributed by atoms with Gasteiger partial charge in [-0.15, -0.1) is 0 Å². The summed E-state index contributed by atoms with van der Waals surface area (Å²) >= 11 is 0. The van der Waals surface area contributed by atoms with Gasteiger partial charge in [-0.1, -0.05) is 0 Å². The van der Waals surface area contributed by atoms with Gasteiger partial charge in [0.15, 0.2) is 0 Å². The third kappa shape index (κ3) is 2.56. The van der Waals surface area contributed by atoms with E-state index in [-0.39, 0.29) is 5.82 Å². The number of aliphatic hydroxyl groups excluding tert-OH is 3. The van der Waals surface area contributed by atoms with Crippen LogP contribution in [0.15, 0.2) is 36.7 Å². The molecule has 1 aromatic heterocycles. The zero-order valence-corrected chi connectivity index (χ0v) is 9.44. The lowest BCUT2D eigenvalue weighted by Crippen LogP contribution is -2.21. The first-order chi connectivity index (χ1) is 8.61. The predicted molar refractivity (Wildman–Crippen MR) is 61.6 cm³/mol. The molecule has 0 spiro atoms. The Balaban J connectivity index is 2.22. The fourth-order valence-electron chi connectivity index (χ4n) is 1.55. The molecule has 0 aliphatic carbocycles. The van der Waals surface area contributed by atoms with E-state index in [0.717, 1.165) is 0 Å². The standard InChI is InChI=1S/C12H13FN2O3/c13-9-1-3-10(4-2-9)15-6-8(5-14-15)12(18)11(17)7-16/h1-6,11-12,16-18H,7H2. The number of hydrogen-bond acceptors (Lipinski definition) is 4. The largest absolute Gasteiger partial charge is 0.394 e. The summed E-state index contributed by atoms with van der Waals surface area (Å²) < 4.78 is 14.2. The molecule has 2 atom stereocenters. The van der Waals surface area contributed by atoms with Gasteiger partial charge in [-0.25, -0.2) is 9.07 Å². The Morgan fingerprint density at radius 3 is 2.50 bits per heavy atom. The van der Waals surface area contributed by atoms with Gasteiger partial charge >= 0.3 is 0 Å². The van der Waals surface area contributed by atoms with Crippen LogP contribution >= 0.6 is 0 Å². The number of aliphatic hydroxyl groups is 3. The lowest BCUT2D eigenvalue weighted by molar-refractivity contribution is -0.0152. The van der Waals surface area contributed by atoms with Gasteiger partial charge in [-0.3, -0.25) is 0 Å². The first kappa shape index (κ1) is 12.7. The van der Waals surface area contributed by atoms with Crippen molar-refractivity contribution in [2.24, 2.45) is 0 Å². The second kappa shape index (κ2) is 5.26. The fourth-order valence-corrected chi connectivity index (χ4v) is 1.55. The second-order valence-electron chi connectivity index (χ2n) is 3.89. The maximum Gasteiger partial charge on any atom is 0.123 e. The Hall–Kier alpha value is -1.76. The van der Waals surface area contributed by atoms with E-state index in [2.05, 4.69) is 5.10 Å². The molecule has 96 valence electrons. The summed E-state index contributed by atoms with van der Waals surface area (Å²) in [4.78, 5) is 0. The van der Waals surface area contributed by atoms with Crippen molar-refractivity contribution >= 4 is 0 Å². The van der Waals surface area contributed by atoms with Crippen LogP contribution in [-0.2, 0) is 0 Å². The van der Waals surface area contributed by atoms with Crippen LogP contribution in [0, 0.1) is 5.82 Å². The molecular formula is C12H13FN2O3. The highest BCUT2D eigenvalue weighted by Crippen LogP contribution is 2.17. The summed E-state index contributed by atoms with van der Waals surface area (Å²) in [5.74, 6) is -0.345. The third-order valence-corrected chi connectivity index (χ3v) is 2.59. The molecule has 18 heavy (non-hydrogen) atoms. The average Bonchev–Trinajstić information content (AvgIpc) is 2.87. The highest BCUT2D eigenvalue weighted by atomic mass is 19.1. The van der Waals surface area contributed by atoms with Crippen molar-refractivity contribution < 1.29 is 19.7 Å².